The van der Waals surface area contributed by atoms with E-state index < -0.39 is 0 Å². The molecule has 4 heteroatoms. The van der Waals surface area contributed by atoms with E-state index in [4.69, 9.17) is 4.74 Å². The second-order valence-electron chi connectivity index (χ2n) is 4.14. The average Bonchev–Trinajstić information content (AvgIpc) is 3.00. The van der Waals surface area contributed by atoms with Gasteiger partial charge in [-0.25, -0.2) is 0 Å². The Morgan fingerprint density at radius 3 is 3.18 bits per heavy atom. The molecule has 0 spiro atoms. The number of thiophene rings is 1. The standard InChI is InChI=1S/C13H17NO2S/c1-2-13(15)14(9-11-5-3-7-16-11)10-12-6-4-8-17-12/h2,4,6,8,11H,1,3,5,7,9-10H2. The normalized spacial score (nSPS) is 19.2. The summed E-state index contributed by atoms with van der Waals surface area (Å²) in [6, 6.07) is 4.05. The number of amides is 1. The zero-order valence-corrected chi connectivity index (χ0v) is 10.6. The second-order valence-corrected chi connectivity index (χ2v) is 5.17. The molecule has 1 aliphatic rings. The minimum Gasteiger partial charge on any atom is -0.376 e. The quantitative estimate of drug-likeness (QED) is 0.752. The third kappa shape index (κ3) is 3.41. The van der Waals surface area contributed by atoms with E-state index in [2.05, 4.69) is 6.58 Å². The molecular formula is C13H17NO2S. The third-order valence-corrected chi connectivity index (χ3v) is 3.72. The van der Waals surface area contributed by atoms with Crippen molar-refractivity contribution in [1.82, 2.24) is 4.90 Å². The van der Waals surface area contributed by atoms with E-state index in [0.717, 1.165) is 19.4 Å². The van der Waals surface area contributed by atoms with Crippen molar-refractivity contribution in [2.45, 2.75) is 25.5 Å². The highest BCUT2D eigenvalue weighted by Crippen LogP contribution is 2.17. The van der Waals surface area contributed by atoms with Crippen LogP contribution in [0.3, 0.4) is 0 Å². The Hall–Kier alpha value is -1.13. The summed E-state index contributed by atoms with van der Waals surface area (Å²) in [5, 5.41) is 2.03. The highest BCUT2D eigenvalue weighted by atomic mass is 32.1. The Bertz CT molecular complexity index is 369. The monoisotopic (exact) mass is 251 g/mol. The molecule has 0 N–H and O–H groups in total. The molecular weight excluding hydrogens is 234 g/mol. The Balaban J connectivity index is 1.97. The van der Waals surface area contributed by atoms with E-state index in [1.54, 1.807) is 11.3 Å². The third-order valence-electron chi connectivity index (χ3n) is 2.86. The molecule has 0 radical (unpaired) electrons. The first-order valence-electron chi connectivity index (χ1n) is 5.85. The number of ether oxygens (including phenoxy) is 1. The fourth-order valence-electron chi connectivity index (χ4n) is 1.99. The van der Waals surface area contributed by atoms with Crippen molar-refractivity contribution in [2.24, 2.45) is 0 Å². The van der Waals surface area contributed by atoms with Gasteiger partial charge in [0.05, 0.1) is 12.6 Å². The lowest BCUT2D eigenvalue weighted by Crippen LogP contribution is -2.35. The van der Waals surface area contributed by atoms with Crippen LogP contribution in [0, 0.1) is 0 Å². The summed E-state index contributed by atoms with van der Waals surface area (Å²) in [6.07, 6.45) is 3.71. The van der Waals surface area contributed by atoms with Crippen LogP contribution in [-0.4, -0.2) is 30.1 Å². The van der Waals surface area contributed by atoms with Gasteiger partial charge in [0.2, 0.25) is 5.91 Å². The zero-order chi connectivity index (χ0) is 12.1. The predicted molar refractivity (Wildman–Crippen MR) is 68.9 cm³/mol. The molecule has 92 valence electrons. The zero-order valence-electron chi connectivity index (χ0n) is 9.80. The van der Waals surface area contributed by atoms with Gasteiger partial charge in [0, 0.05) is 18.0 Å². The van der Waals surface area contributed by atoms with E-state index in [1.807, 2.05) is 22.4 Å². The minimum absolute atomic E-state index is 0.0195. The van der Waals surface area contributed by atoms with Gasteiger partial charge in [-0.1, -0.05) is 12.6 Å². The fraction of sp³-hybridized carbons (Fsp3) is 0.462. The summed E-state index contributed by atoms with van der Waals surface area (Å²) in [6.45, 7) is 5.70. The van der Waals surface area contributed by atoms with Crippen LogP contribution in [0.2, 0.25) is 0 Å². The predicted octanol–water partition coefficient (Wildman–Crippen LogP) is 2.44. The molecule has 2 rings (SSSR count). The second kappa shape index (κ2) is 5.98. The van der Waals surface area contributed by atoms with Gasteiger partial charge in [0.1, 0.15) is 0 Å². The molecule has 1 aromatic heterocycles. The van der Waals surface area contributed by atoms with Crippen LogP contribution < -0.4 is 0 Å². The number of carbonyl (C=O) groups excluding carboxylic acids is 1. The van der Waals surface area contributed by atoms with Crippen molar-refractivity contribution in [2.75, 3.05) is 13.2 Å². The average molecular weight is 251 g/mol. The molecule has 2 heterocycles. The topological polar surface area (TPSA) is 29.5 Å². The largest absolute Gasteiger partial charge is 0.376 e. The van der Waals surface area contributed by atoms with E-state index in [9.17, 15) is 4.79 Å². The molecule has 0 aromatic carbocycles. The van der Waals surface area contributed by atoms with Crippen LogP contribution in [0.4, 0.5) is 0 Å². The Labute approximate surface area is 106 Å². The molecule has 3 nitrogen and oxygen atoms in total. The van der Waals surface area contributed by atoms with E-state index >= 15 is 0 Å². The van der Waals surface area contributed by atoms with Crippen LogP contribution in [0.25, 0.3) is 0 Å². The molecule has 1 aliphatic heterocycles. The van der Waals surface area contributed by atoms with Crippen molar-refractivity contribution in [3.63, 3.8) is 0 Å². The van der Waals surface area contributed by atoms with E-state index in [0.29, 0.717) is 13.1 Å². The number of rotatable bonds is 5. The SMILES string of the molecule is C=CC(=O)N(Cc1cccs1)CC1CCCO1. The number of carbonyl (C=O) groups is 1. The van der Waals surface area contributed by atoms with Gasteiger partial charge in [-0.3, -0.25) is 4.79 Å². The molecule has 1 unspecified atom stereocenters. The van der Waals surface area contributed by atoms with Crippen LogP contribution in [0.15, 0.2) is 30.2 Å². The molecule has 1 amide bonds. The smallest absolute Gasteiger partial charge is 0.246 e. The maximum atomic E-state index is 11.8. The molecule has 1 aromatic rings. The molecule has 17 heavy (non-hydrogen) atoms. The maximum Gasteiger partial charge on any atom is 0.246 e. The number of hydrogen-bond donors (Lipinski definition) is 0. The highest BCUT2D eigenvalue weighted by molar-refractivity contribution is 7.09. The first-order valence-corrected chi connectivity index (χ1v) is 6.73. The Morgan fingerprint density at radius 1 is 1.71 bits per heavy atom. The van der Waals surface area contributed by atoms with Crippen LogP contribution >= 0.6 is 11.3 Å². The summed E-state index contributed by atoms with van der Waals surface area (Å²) in [7, 11) is 0. The van der Waals surface area contributed by atoms with Gasteiger partial charge in [-0.05, 0) is 30.4 Å². The molecule has 0 aliphatic carbocycles. The van der Waals surface area contributed by atoms with E-state index in [-0.39, 0.29) is 12.0 Å². The summed E-state index contributed by atoms with van der Waals surface area (Å²) < 4.78 is 5.57. The van der Waals surface area contributed by atoms with Gasteiger partial charge in [-0.2, -0.15) is 0 Å². The van der Waals surface area contributed by atoms with Crippen LogP contribution in [0.1, 0.15) is 17.7 Å². The fourth-order valence-corrected chi connectivity index (χ4v) is 2.71. The molecule has 0 saturated carbocycles. The van der Waals surface area contributed by atoms with Gasteiger partial charge >= 0.3 is 0 Å². The summed E-state index contributed by atoms with van der Waals surface area (Å²) in [5.41, 5.74) is 0. The minimum atomic E-state index is -0.0195. The summed E-state index contributed by atoms with van der Waals surface area (Å²) in [5.74, 6) is -0.0195. The van der Waals surface area contributed by atoms with Crippen LogP contribution in [-0.2, 0) is 16.1 Å². The molecule has 1 saturated heterocycles. The van der Waals surface area contributed by atoms with Gasteiger partial charge in [0.15, 0.2) is 0 Å². The molecule has 1 atom stereocenters. The van der Waals surface area contributed by atoms with Gasteiger partial charge in [0.25, 0.3) is 0 Å². The first-order chi connectivity index (χ1) is 8.29. The highest BCUT2D eigenvalue weighted by Gasteiger charge is 2.21. The lowest BCUT2D eigenvalue weighted by molar-refractivity contribution is -0.128. The van der Waals surface area contributed by atoms with E-state index in [1.165, 1.54) is 11.0 Å². The summed E-state index contributed by atoms with van der Waals surface area (Å²) in [4.78, 5) is 14.8. The van der Waals surface area contributed by atoms with Crippen molar-refractivity contribution in [3.8, 4) is 0 Å². The lowest BCUT2D eigenvalue weighted by Gasteiger charge is -2.23. The lowest BCUT2D eigenvalue weighted by atomic mass is 10.2. The molecule has 1 fully saturated rings. The van der Waals surface area contributed by atoms with Crippen molar-refractivity contribution in [3.05, 3.63) is 35.0 Å². The van der Waals surface area contributed by atoms with Crippen molar-refractivity contribution >= 4 is 17.2 Å². The number of hydrogen-bond acceptors (Lipinski definition) is 3. The Morgan fingerprint density at radius 2 is 2.59 bits per heavy atom. The van der Waals surface area contributed by atoms with Crippen molar-refractivity contribution in [1.29, 1.82) is 0 Å². The first kappa shape index (κ1) is 12.3. The Kier molecular flexibility index (Phi) is 4.34. The van der Waals surface area contributed by atoms with Gasteiger partial charge < -0.3 is 9.64 Å². The van der Waals surface area contributed by atoms with Crippen molar-refractivity contribution < 1.29 is 9.53 Å². The van der Waals surface area contributed by atoms with Crippen LogP contribution in [0.5, 0.6) is 0 Å². The summed E-state index contributed by atoms with van der Waals surface area (Å²) >= 11 is 1.67. The molecule has 0 bridgehead atoms. The van der Waals surface area contributed by atoms with Gasteiger partial charge in [-0.15, -0.1) is 11.3 Å². The number of nitrogens with zero attached hydrogens (tertiary/aromatic N) is 1. The maximum absolute atomic E-state index is 11.8.